The van der Waals surface area contributed by atoms with Gasteiger partial charge in [0.15, 0.2) is 0 Å². The maximum absolute atomic E-state index is 12.6. The zero-order valence-corrected chi connectivity index (χ0v) is 12.3. The van der Waals surface area contributed by atoms with Gasteiger partial charge < -0.3 is 10.6 Å². The van der Waals surface area contributed by atoms with E-state index in [1.807, 2.05) is 0 Å². The van der Waals surface area contributed by atoms with Crippen molar-refractivity contribution in [2.45, 2.75) is 64.0 Å². The fourth-order valence-corrected chi connectivity index (χ4v) is 3.60. The zero-order valence-electron chi connectivity index (χ0n) is 12.3. The number of hydrogen-bond acceptors (Lipinski definition) is 3. The van der Waals surface area contributed by atoms with Crippen LogP contribution in [0.3, 0.4) is 0 Å². The van der Waals surface area contributed by atoms with Gasteiger partial charge in [-0.2, -0.15) is 0 Å². The molecule has 1 aliphatic carbocycles. The summed E-state index contributed by atoms with van der Waals surface area (Å²) in [6.07, 6.45) is 8.67. The SMILES string of the molecule is CC(C(=O)N1CCCCC1)N(CCN)C1CCCC1. The Bertz CT molecular complexity index is 283. The van der Waals surface area contributed by atoms with Gasteiger partial charge >= 0.3 is 0 Å². The predicted molar refractivity (Wildman–Crippen MR) is 77.9 cm³/mol. The van der Waals surface area contributed by atoms with Gasteiger partial charge in [-0.3, -0.25) is 9.69 Å². The molecule has 1 saturated heterocycles. The first-order valence-electron chi connectivity index (χ1n) is 7.98. The number of nitrogens with two attached hydrogens (primary N) is 1. The Labute approximate surface area is 117 Å². The van der Waals surface area contributed by atoms with Gasteiger partial charge in [0.05, 0.1) is 6.04 Å². The van der Waals surface area contributed by atoms with Crippen LogP contribution < -0.4 is 5.73 Å². The highest BCUT2D eigenvalue weighted by molar-refractivity contribution is 5.81. The number of carbonyl (C=O) groups is 1. The molecule has 0 radical (unpaired) electrons. The van der Waals surface area contributed by atoms with Crippen LogP contribution in [0.5, 0.6) is 0 Å². The average molecular weight is 267 g/mol. The van der Waals surface area contributed by atoms with E-state index in [2.05, 4.69) is 16.7 Å². The molecule has 110 valence electrons. The van der Waals surface area contributed by atoms with Crippen LogP contribution in [0, 0.1) is 0 Å². The molecule has 2 fully saturated rings. The predicted octanol–water partition coefficient (Wildman–Crippen LogP) is 1.59. The van der Waals surface area contributed by atoms with Crippen LogP contribution in [0.15, 0.2) is 0 Å². The van der Waals surface area contributed by atoms with E-state index in [0.717, 1.165) is 19.6 Å². The molecule has 4 heteroatoms. The smallest absolute Gasteiger partial charge is 0.239 e. The van der Waals surface area contributed by atoms with E-state index < -0.39 is 0 Å². The molecule has 1 atom stereocenters. The first-order valence-corrected chi connectivity index (χ1v) is 7.98. The molecule has 2 aliphatic rings. The lowest BCUT2D eigenvalue weighted by Crippen LogP contribution is -2.52. The molecule has 1 aliphatic heterocycles. The summed E-state index contributed by atoms with van der Waals surface area (Å²) in [7, 11) is 0. The Morgan fingerprint density at radius 2 is 1.84 bits per heavy atom. The van der Waals surface area contributed by atoms with E-state index in [0.29, 0.717) is 18.5 Å². The van der Waals surface area contributed by atoms with Crippen molar-refractivity contribution < 1.29 is 4.79 Å². The summed E-state index contributed by atoms with van der Waals surface area (Å²) in [6.45, 7) is 5.47. The Balaban J connectivity index is 1.96. The number of hydrogen-bond donors (Lipinski definition) is 1. The van der Waals surface area contributed by atoms with Crippen molar-refractivity contribution in [1.29, 1.82) is 0 Å². The third-order valence-corrected chi connectivity index (χ3v) is 4.70. The number of likely N-dealkylation sites (tertiary alicyclic amines) is 1. The highest BCUT2D eigenvalue weighted by atomic mass is 16.2. The molecule has 1 unspecified atom stereocenters. The van der Waals surface area contributed by atoms with Crippen LogP contribution in [0.2, 0.25) is 0 Å². The minimum atomic E-state index is 0.00440. The Hall–Kier alpha value is -0.610. The largest absolute Gasteiger partial charge is 0.341 e. The summed E-state index contributed by atoms with van der Waals surface area (Å²) in [6, 6.07) is 0.581. The van der Waals surface area contributed by atoms with E-state index in [9.17, 15) is 4.79 Å². The summed E-state index contributed by atoms with van der Waals surface area (Å²) in [4.78, 5) is 17.0. The van der Waals surface area contributed by atoms with Crippen LogP contribution in [-0.4, -0.2) is 54.0 Å². The lowest BCUT2D eigenvalue weighted by molar-refractivity contribution is -0.138. The number of rotatable bonds is 5. The summed E-state index contributed by atoms with van der Waals surface area (Å²) in [5.74, 6) is 0.319. The molecular weight excluding hydrogens is 238 g/mol. The van der Waals surface area contributed by atoms with Gasteiger partial charge in [0.25, 0.3) is 0 Å². The second kappa shape index (κ2) is 7.25. The van der Waals surface area contributed by atoms with Gasteiger partial charge in [-0.15, -0.1) is 0 Å². The van der Waals surface area contributed by atoms with E-state index in [1.165, 1.54) is 44.9 Å². The topological polar surface area (TPSA) is 49.6 Å². The molecule has 0 aromatic heterocycles. The van der Waals surface area contributed by atoms with Crippen molar-refractivity contribution in [2.24, 2.45) is 5.73 Å². The zero-order chi connectivity index (χ0) is 13.7. The van der Waals surface area contributed by atoms with Gasteiger partial charge in [0, 0.05) is 32.2 Å². The number of piperidine rings is 1. The van der Waals surface area contributed by atoms with Crippen LogP contribution in [0.4, 0.5) is 0 Å². The Kier molecular flexibility index (Phi) is 5.64. The maximum Gasteiger partial charge on any atom is 0.239 e. The monoisotopic (exact) mass is 267 g/mol. The second-order valence-electron chi connectivity index (χ2n) is 6.03. The van der Waals surface area contributed by atoms with E-state index in [1.54, 1.807) is 0 Å². The molecule has 0 bridgehead atoms. The summed E-state index contributed by atoms with van der Waals surface area (Å²) >= 11 is 0. The molecule has 0 aromatic rings. The van der Waals surface area contributed by atoms with E-state index >= 15 is 0 Å². The normalized spacial score (nSPS) is 23.0. The Morgan fingerprint density at radius 1 is 1.21 bits per heavy atom. The third-order valence-electron chi connectivity index (χ3n) is 4.70. The fraction of sp³-hybridized carbons (Fsp3) is 0.933. The number of nitrogens with zero attached hydrogens (tertiary/aromatic N) is 2. The minimum Gasteiger partial charge on any atom is -0.341 e. The summed E-state index contributed by atoms with van der Waals surface area (Å²) in [5.41, 5.74) is 5.75. The molecule has 19 heavy (non-hydrogen) atoms. The van der Waals surface area contributed by atoms with Crippen LogP contribution in [0.25, 0.3) is 0 Å². The van der Waals surface area contributed by atoms with Gasteiger partial charge in [0.2, 0.25) is 5.91 Å². The van der Waals surface area contributed by atoms with Crippen molar-refractivity contribution in [3.05, 3.63) is 0 Å². The second-order valence-corrected chi connectivity index (χ2v) is 6.03. The average Bonchev–Trinajstić information content (AvgIpc) is 2.98. The van der Waals surface area contributed by atoms with E-state index in [4.69, 9.17) is 5.73 Å². The molecule has 2 rings (SSSR count). The third kappa shape index (κ3) is 3.69. The first-order chi connectivity index (χ1) is 9.24. The Morgan fingerprint density at radius 3 is 2.42 bits per heavy atom. The van der Waals surface area contributed by atoms with Gasteiger partial charge in [-0.25, -0.2) is 0 Å². The lowest BCUT2D eigenvalue weighted by atomic mass is 10.1. The van der Waals surface area contributed by atoms with Crippen molar-refractivity contribution in [3.8, 4) is 0 Å². The van der Waals surface area contributed by atoms with E-state index in [-0.39, 0.29) is 6.04 Å². The van der Waals surface area contributed by atoms with Crippen molar-refractivity contribution >= 4 is 5.91 Å². The van der Waals surface area contributed by atoms with Crippen LogP contribution in [-0.2, 0) is 4.79 Å². The highest BCUT2D eigenvalue weighted by Crippen LogP contribution is 2.25. The van der Waals surface area contributed by atoms with Gasteiger partial charge in [-0.05, 0) is 39.0 Å². The first kappa shape index (κ1) is 14.8. The van der Waals surface area contributed by atoms with Crippen molar-refractivity contribution in [1.82, 2.24) is 9.80 Å². The van der Waals surface area contributed by atoms with Crippen molar-refractivity contribution in [3.63, 3.8) is 0 Å². The molecular formula is C15H29N3O. The number of carbonyl (C=O) groups excluding carboxylic acids is 1. The van der Waals surface area contributed by atoms with Gasteiger partial charge in [-0.1, -0.05) is 12.8 Å². The molecule has 1 heterocycles. The van der Waals surface area contributed by atoms with Crippen LogP contribution >= 0.6 is 0 Å². The van der Waals surface area contributed by atoms with Crippen molar-refractivity contribution in [2.75, 3.05) is 26.2 Å². The standard InChI is InChI=1S/C15H29N3O/c1-13(15(19)17-10-5-2-6-11-17)18(12-9-16)14-7-3-4-8-14/h13-14H,2-12,16H2,1H3. The quantitative estimate of drug-likeness (QED) is 0.823. The molecule has 1 amide bonds. The summed E-state index contributed by atoms with van der Waals surface area (Å²) in [5, 5.41) is 0. The molecule has 4 nitrogen and oxygen atoms in total. The lowest BCUT2D eigenvalue weighted by Gasteiger charge is -2.37. The maximum atomic E-state index is 12.6. The molecule has 0 aromatic carbocycles. The minimum absolute atomic E-state index is 0.00440. The molecule has 2 N–H and O–H groups in total. The summed E-state index contributed by atoms with van der Waals surface area (Å²) < 4.78 is 0. The molecule has 0 spiro atoms. The van der Waals surface area contributed by atoms with Crippen LogP contribution in [0.1, 0.15) is 51.9 Å². The molecule has 1 saturated carbocycles. The highest BCUT2D eigenvalue weighted by Gasteiger charge is 2.32. The van der Waals surface area contributed by atoms with Gasteiger partial charge in [0.1, 0.15) is 0 Å². The number of amides is 1. The fourth-order valence-electron chi connectivity index (χ4n) is 3.60.